The Hall–Kier alpha value is -4.66. The van der Waals surface area contributed by atoms with Crippen LogP contribution in [-0.4, -0.2) is 23.5 Å². The molecule has 9 heteroatoms. The van der Waals surface area contributed by atoms with E-state index in [1.54, 1.807) is 61.5 Å². The number of hydrogen-bond acceptors (Lipinski definition) is 5. The van der Waals surface area contributed by atoms with Gasteiger partial charge in [0.25, 0.3) is 5.91 Å². The third-order valence-corrected chi connectivity index (χ3v) is 5.27. The van der Waals surface area contributed by atoms with Crippen molar-refractivity contribution in [1.82, 2.24) is 4.98 Å². The number of amides is 1. The minimum absolute atomic E-state index is 0.0528. The van der Waals surface area contributed by atoms with Gasteiger partial charge in [-0.1, -0.05) is 36.4 Å². The van der Waals surface area contributed by atoms with Gasteiger partial charge < -0.3 is 14.8 Å². The second-order valence-electron chi connectivity index (χ2n) is 7.78. The van der Waals surface area contributed by atoms with Gasteiger partial charge in [-0.25, -0.2) is 9.78 Å². The molecule has 0 saturated carbocycles. The highest BCUT2D eigenvalue weighted by Crippen LogP contribution is 2.32. The van der Waals surface area contributed by atoms with E-state index in [-0.39, 0.29) is 23.6 Å². The molecule has 3 aromatic carbocycles. The molecular formula is C28H21F3N2O4. The molecular weight excluding hydrogens is 485 g/mol. The Morgan fingerprint density at radius 3 is 2.35 bits per heavy atom. The number of hydrogen-bond donors (Lipinski definition) is 1. The molecule has 0 unspecified atom stereocenters. The molecule has 0 bridgehead atoms. The quantitative estimate of drug-likeness (QED) is 0.274. The SMILES string of the molecule is CCOC(=O)c1cccnc1Oc1cccc(NC(=O)c2ccccc2-c2ccc(C(F)(F)F)cc2)c1. The number of carbonyl (C=O) groups excluding carboxylic acids is 2. The first-order chi connectivity index (χ1) is 17.8. The van der Waals surface area contributed by atoms with E-state index >= 15 is 0 Å². The molecule has 6 nitrogen and oxygen atoms in total. The molecule has 0 aliphatic carbocycles. The lowest BCUT2D eigenvalue weighted by atomic mass is 9.98. The lowest BCUT2D eigenvalue weighted by Gasteiger charge is -2.13. The Morgan fingerprint density at radius 1 is 0.892 bits per heavy atom. The number of nitrogens with one attached hydrogen (secondary N) is 1. The predicted molar refractivity (Wildman–Crippen MR) is 132 cm³/mol. The number of anilines is 1. The van der Waals surface area contributed by atoms with E-state index in [1.807, 2.05) is 0 Å². The number of pyridine rings is 1. The van der Waals surface area contributed by atoms with Gasteiger partial charge in [-0.15, -0.1) is 0 Å². The Labute approximate surface area is 210 Å². The van der Waals surface area contributed by atoms with Crippen LogP contribution < -0.4 is 10.1 Å². The molecule has 1 aromatic heterocycles. The van der Waals surface area contributed by atoms with Crippen molar-refractivity contribution in [2.45, 2.75) is 13.1 Å². The van der Waals surface area contributed by atoms with E-state index in [4.69, 9.17) is 9.47 Å². The zero-order chi connectivity index (χ0) is 26.4. The van der Waals surface area contributed by atoms with Crippen molar-refractivity contribution in [3.05, 3.63) is 108 Å². The van der Waals surface area contributed by atoms with Gasteiger partial charge in [0.05, 0.1) is 12.2 Å². The molecule has 1 amide bonds. The monoisotopic (exact) mass is 506 g/mol. The Balaban J connectivity index is 1.55. The van der Waals surface area contributed by atoms with Crippen LogP contribution in [0.1, 0.15) is 33.2 Å². The first kappa shape index (κ1) is 25.4. The van der Waals surface area contributed by atoms with Gasteiger partial charge in [0.1, 0.15) is 11.3 Å². The number of halogens is 3. The third-order valence-electron chi connectivity index (χ3n) is 5.27. The van der Waals surface area contributed by atoms with Gasteiger partial charge in [-0.05, 0) is 60.5 Å². The summed E-state index contributed by atoms with van der Waals surface area (Å²) in [5.74, 6) is -0.664. The molecule has 0 saturated heterocycles. The van der Waals surface area contributed by atoms with Crippen molar-refractivity contribution in [3.63, 3.8) is 0 Å². The largest absolute Gasteiger partial charge is 0.462 e. The maximum atomic E-state index is 13.1. The number of nitrogens with zero attached hydrogens (tertiary/aromatic N) is 1. The first-order valence-electron chi connectivity index (χ1n) is 11.2. The molecule has 0 radical (unpaired) electrons. The maximum absolute atomic E-state index is 13.1. The molecule has 0 atom stereocenters. The van der Waals surface area contributed by atoms with Crippen molar-refractivity contribution in [2.24, 2.45) is 0 Å². The normalized spacial score (nSPS) is 11.0. The Kier molecular flexibility index (Phi) is 7.52. The van der Waals surface area contributed by atoms with Crippen LogP contribution in [0.15, 0.2) is 91.1 Å². The number of benzene rings is 3. The molecule has 0 fully saturated rings. The minimum Gasteiger partial charge on any atom is -0.462 e. The van der Waals surface area contributed by atoms with Crippen LogP contribution in [0.3, 0.4) is 0 Å². The summed E-state index contributed by atoms with van der Waals surface area (Å²) in [5.41, 5.74) is 1.02. The number of ether oxygens (including phenoxy) is 2. The second kappa shape index (κ2) is 10.9. The molecule has 37 heavy (non-hydrogen) atoms. The predicted octanol–water partition coefficient (Wildman–Crippen LogP) is 6.99. The summed E-state index contributed by atoms with van der Waals surface area (Å²) >= 11 is 0. The molecule has 1 N–H and O–H groups in total. The van der Waals surface area contributed by atoms with E-state index in [1.165, 1.54) is 24.4 Å². The summed E-state index contributed by atoms with van der Waals surface area (Å²) in [6.45, 7) is 1.89. The summed E-state index contributed by atoms with van der Waals surface area (Å²) in [4.78, 5) is 29.4. The van der Waals surface area contributed by atoms with Gasteiger partial charge in [0, 0.05) is 23.5 Å². The van der Waals surface area contributed by atoms with Crippen LogP contribution in [-0.2, 0) is 10.9 Å². The number of alkyl halides is 3. The van der Waals surface area contributed by atoms with E-state index in [0.717, 1.165) is 12.1 Å². The van der Waals surface area contributed by atoms with E-state index in [0.29, 0.717) is 22.6 Å². The molecule has 188 valence electrons. The highest BCUT2D eigenvalue weighted by Gasteiger charge is 2.30. The van der Waals surface area contributed by atoms with E-state index in [2.05, 4.69) is 10.3 Å². The van der Waals surface area contributed by atoms with Crippen molar-refractivity contribution < 1.29 is 32.2 Å². The molecule has 0 spiro atoms. The van der Waals surface area contributed by atoms with E-state index < -0.39 is 23.6 Å². The zero-order valence-corrected chi connectivity index (χ0v) is 19.6. The van der Waals surface area contributed by atoms with Crippen LogP contribution >= 0.6 is 0 Å². The van der Waals surface area contributed by atoms with Gasteiger partial charge in [0.15, 0.2) is 0 Å². The van der Waals surface area contributed by atoms with Gasteiger partial charge in [0.2, 0.25) is 5.88 Å². The molecule has 1 heterocycles. The van der Waals surface area contributed by atoms with E-state index in [9.17, 15) is 22.8 Å². The van der Waals surface area contributed by atoms with Crippen molar-refractivity contribution in [1.29, 1.82) is 0 Å². The molecule has 4 aromatic rings. The standard InChI is InChI=1S/C28H21F3N2O4/c1-2-36-27(35)24-11-6-16-32-26(24)37-21-8-5-7-20(17-21)33-25(34)23-10-4-3-9-22(23)18-12-14-19(15-13-18)28(29,30)31/h3-17H,2H2,1H3,(H,33,34). The average molecular weight is 506 g/mol. The van der Waals surface area contributed by atoms with Crippen LogP contribution in [0.25, 0.3) is 11.1 Å². The summed E-state index contributed by atoms with van der Waals surface area (Å²) in [7, 11) is 0. The first-order valence-corrected chi connectivity index (χ1v) is 11.2. The third kappa shape index (κ3) is 6.13. The van der Waals surface area contributed by atoms with Crippen LogP contribution in [0.4, 0.5) is 18.9 Å². The van der Waals surface area contributed by atoms with Crippen molar-refractivity contribution in [3.8, 4) is 22.8 Å². The zero-order valence-electron chi connectivity index (χ0n) is 19.6. The lowest BCUT2D eigenvalue weighted by Crippen LogP contribution is -2.13. The van der Waals surface area contributed by atoms with Gasteiger partial charge >= 0.3 is 12.1 Å². The minimum atomic E-state index is -4.45. The van der Waals surface area contributed by atoms with Crippen LogP contribution in [0, 0.1) is 0 Å². The lowest BCUT2D eigenvalue weighted by molar-refractivity contribution is -0.137. The molecule has 4 rings (SSSR count). The summed E-state index contributed by atoms with van der Waals surface area (Å²) in [6.07, 6.45) is -2.98. The van der Waals surface area contributed by atoms with Crippen LogP contribution in [0.2, 0.25) is 0 Å². The summed E-state index contributed by atoms with van der Waals surface area (Å²) in [5, 5.41) is 2.78. The van der Waals surface area contributed by atoms with Crippen LogP contribution in [0.5, 0.6) is 11.6 Å². The number of rotatable bonds is 7. The Bertz CT molecular complexity index is 1420. The van der Waals surface area contributed by atoms with Gasteiger partial charge in [-0.3, -0.25) is 4.79 Å². The number of carbonyl (C=O) groups is 2. The fourth-order valence-electron chi connectivity index (χ4n) is 3.56. The highest BCUT2D eigenvalue weighted by atomic mass is 19.4. The highest BCUT2D eigenvalue weighted by molar-refractivity contribution is 6.08. The fraction of sp³-hybridized carbons (Fsp3) is 0.107. The number of esters is 1. The maximum Gasteiger partial charge on any atom is 0.416 e. The summed E-state index contributed by atoms with van der Waals surface area (Å²) in [6, 6.07) is 20.8. The number of aromatic nitrogens is 1. The fourth-order valence-corrected chi connectivity index (χ4v) is 3.56. The molecule has 0 aliphatic rings. The average Bonchev–Trinajstić information content (AvgIpc) is 2.89. The Morgan fingerprint density at radius 2 is 1.62 bits per heavy atom. The second-order valence-corrected chi connectivity index (χ2v) is 7.78. The van der Waals surface area contributed by atoms with Crippen molar-refractivity contribution in [2.75, 3.05) is 11.9 Å². The smallest absolute Gasteiger partial charge is 0.416 e. The topological polar surface area (TPSA) is 77.5 Å². The van der Waals surface area contributed by atoms with Gasteiger partial charge in [-0.2, -0.15) is 13.2 Å². The molecule has 0 aliphatic heterocycles. The van der Waals surface area contributed by atoms with Crippen molar-refractivity contribution >= 4 is 17.6 Å². The summed E-state index contributed by atoms with van der Waals surface area (Å²) < 4.78 is 49.6.